The Morgan fingerprint density at radius 2 is 2.13 bits per heavy atom. The number of hydrogen-bond acceptors (Lipinski definition) is 2. The van der Waals surface area contributed by atoms with E-state index in [1.54, 1.807) is 0 Å². The molecule has 0 aromatic heterocycles. The molecule has 0 aliphatic carbocycles. The van der Waals surface area contributed by atoms with Crippen LogP contribution in [-0.2, 0) is 4.74 Å². The smallest absolute Gasteiger partial charge is 0.0474 e. The summed E-state index contributed by atoms with van der Waals surface area (Å²) < 4.78 is 5.66. The first-order valence-electron chi connectivity index (χ1n) is 5.28. The molecule has 2 saturated heterocycles. The van der Waals surface area contributed by atoms with E-state index >= 15 is 0 Å². The van der Waals surface area contributed by atoms with Crippen LogP contribution < -0.4 is 0 Å². The molecule has 0 bridgehead atoms. The van der Waals surface area contributed by atoms with E-state index in [2.05, 4.69) is 18.9 Å². The van der Waals surface area contributed by atoms with Crippen molar-refractivity contribution >= 4 is 0 Å². The first-order chi connectivity index (χ1) is 6.20. The van der Waals surface area contributed by atoms with Gasteiger partial charge in [0.2, 0.25) is 0 Å². The average molecular weight is 459 g/mol. The topological polar surface area (TPSA) is 12.5 Å². The van der Waals surface area contributed by atoms with Crippen LogP contribution in [0, 0.1) is 18.8 Å². The SMILES string of the molecule is C[C-]1COCC2(CCCN(C)C2)C1.[CH3-].[Lr]. The fourth-order valence-corrected chi connectivity index (χ4v) is 2.90. The van der Waals surface area contributed by atoms with E-state index in [0.717, 1.165) is 13.2 Å². The van der Waals surface area contributed by atoms with Crippen molar-refractivity contribution in [3.63, 3.8) is 0 Å². The third-order valence-electron chi connectivity index (χ3n) is 3.29. The number of likely N-dealkylation sites (tertiary alicyclic amines) is 1. The summed E-state index contributed by atoms with van der Waals surface area (Å²) in [4.78, 5) is 2.45. The Kier molecular flexibility index (Phi) is 4.76. The summed E-state index contributed by atoms with van der Waals surface area (Å²) in [5.41, 5.74) is 0.468. The van der Waals surface area contributed by atoms with Crippen molar-refractivity contribution in [2.75, 3.05) is 33.4 Å². The molecule has 2 heterocycles. The fourth-order valence-electron chi connectivity index (χ4n) is 2.90. The molecule has 2 aliphatic heterocycles. The summed E-state index contributed by atoms with van der Waals surface area (Å²) in [7, 11) is 2.23. The van der Waals surface area contributed by atoms with Crippen LogP contribution in [0.1, 0.15) is 26.2 Å². The summed E-state index contributed by atoms with van der Waals surface area (Å²) in [6.45, 7) is 6.60. The molecule has 2 nitrogen and oxygen atoms in total. The zero-order chi connectivity index (χ0) is 9.31. The molecule has 0 N–H and O–H groups in total. The normalized spacial score (nSPS) is 33.2. The van der Waals surface area contributed by atoms with Crippen LogP contribution in [0.25, 0.3) is 0 Å². The van der Waals surface area contributed by atoms with Crippen LogP contribution in [0.5, 0.6) is 0 Å². The Bertz CT molecular complexity index is 166. The molecule has 0 saturated carbocycles. The van der Waals surface area contributed by atoms with Crippen molar-refractivity contribution in [2.24, 2.45) is 5.41 Å². The molecule has 0 amide bonds. The van der Waals surface area contributed by atoms with Crippen molar-refractivity contribution in [3.05, 3.63) is 13.3 Å². The molecule has 15 heavy (non-hydrogen) atoms. The largest absolute Gasteiger partial charge is 0.412 e. The standard InChI is InChI=1S/C11H20NO.CH3.Lr/c1-10-6-11(9-13-7-10)4-3-5-12(2)8-11;;/h3-9H2,1-2H3;1H3;/q2*-1;. The third-order valence-corrected chi connectivity index (χ3v) is 3.29. The van der Waals surface area contributed by atoms with Crippen LogP contribution in [0.4, 0.5) is 0 Å². The predicted molar refractivity (Wildman–Crippen MR) is 59.9 cm³/mol. The van der Waals surface area contributed by atoms with E-state index in [-0.39, 0.29) is 7.43 Å². The summed E-state index contributed by atoms with van der Waals surface area (Å²) in [5, 5.41) is 0. The van der Waals surface area contributed by atoms with Crippen LogP contribution >= 0.6 is 0 Å². The second kappa shape index (κ2) is 5.13. The van der Waals surface area contributed by atoms with E-state index in [1.807, 2.05) is 0 Å². The maximum Gasteiger partial charge on any atom is 0.0474 e. The van der Waals surface area contributed by atoms with Crippen molar-refractivity contribution in [3.8, 4) is 0 Å². The van der Waals surface area contributed by atoms with Gasteiger partial charge < -0.3 is 17.1 Å². The number of hydrogen-bond donors (Lipinski definition) is 0. The maximum atomic E-state index is 5.66. The second-order valence-electron chi connectivity index (χ2n) is 4.97. The van der Waals surface area contributed by atoms with Gasteiger partial charge in [0, 0.05) is 13.2 Å². The minimum atomic E-state index is 0. The van der Waals surface area contributed by atoms with Crippen molar-refractivity contribution in [2.45, 2.75) is 26.2 Å². The molecule has 1 atom stereocenters. The van der Waals surface area contributed by atoms with E-state index in [1.165, 1.54) is 38.3 Å². The van der Waals surface area contributed by atoms with E-state index in [9.17, 15) is 0 Å². The van der Waals surface area contributed by atoms with Crippen LogP contribution in [0.15, 0.2) is 0 Å². The van der Waals surface area contributed by atoms with Crippen molar-refractivity contribution in [1.29, 1.82) is 0 Å². The molecule has 2 aliphatic rings. The Hall–Kier alpha value is -1.08. The van der Waals surface area contributed by atoms with Gasteiger partial charge in [0.1, 0.15) is 0 Å². The van der Waals surface area contributed by atoms with Crippen LogP contribution in [0.2, 0.25) is 0 Å². The van der Waals surface area contributed by atoms with Gasteiger partial charge in [-0.3, -0.25) is 5.92 Å². The van der Waals surface area contributed by atoms with Gasteiger partial charge in [-0.05, 0) is 31.8 Å². The van der Waals surface area contributed by atoms with Gasteiger partial charge in [-0.2, -0.15) is 13.3 Å². The monoisotopic (exact) mass is 459 g/mol. The molecule has 0 aromatic carbocycles. The Morgan fingerprint density at radius 3 is 2.73 bits per heavy atom. The quantitative estimate of drug-likeness (QED) is 0.515. The molecular weight excluding hydrogens is 436 g/mol. The first-order valence-corrected chi connectivity index (χ1v) is 5.28. The Labute approximate surface area is 88.6 Å². The minimum Gasteiger partial charge on any atom is -0.412 e. The molecule has 0 aromatic rings. The molecule has 2 rings (SSSR count). The summed E-state index contributed by atoms with van der Waals surface area (Å²) in [6, 6.07) is 0. The summed E-state index contributed by atoms with van der Waals surface area (Å²) >= 11 is 0. The van der Waals surface area contributed by atoms with E-state index in [4.69, 9.17) is 4.74 Å². The van der Waals surface area contributed by atoms with Crippen LogP contribution in [0.3, 0.4) is 0 Å². The van der Waals surface area contributed by atoms with Crippen molar-refractivity contribution < 1.29 is 4.74 Å². The van der Waals surface area contributed by atoms with E-state index in [0.29, 0.717) is 5.41 Å². The summed E-state index contributed by atoms with van der Waals surface area (Å²) in [5.74, 6) is 1.53. The number of rotatable bonds is 0. The molecular formula is C12H23LrNO-2. The molecule has 1 radical (unpaired) electrons. The molecule has 99 valence electrons. The maximum absolute atomic E-state index is 5.66. The first kappa shape index (κ1) is 13.9. The number of ether oxygens (including phenoxy) is 1. The molecule has 3 heteroatoms. The zero-order valence-electron chi connectivity index (χ0n) is 10.1. The zero-order valence-corrected chi connectivity index (χ0v) is 12.2. The number of piperidine rings is 1. The van der Waals surface area contributed by atoms with Gasteiger partial charge in [0.15, 0.2) is 0 Å². The molecule has 2 fully saturated rings. The minimum absolute atomic E-state index is 0. The second-order valence-corrected chi connectivity index (χ2v) is 4.97. The van der Waals surface area contributed by atoms with Crippen molar-refractivity contribution in [1.82, 2.24) is 4.90 Å². The number of nitrogens with zero attached hydrogens (tertiary/aromatic N) is 1. The molecule has 1 spiro atoms. The third kappa shape index (κ3) is 2.93. The van der Waals surface area contributed by atoms with Crippen LogP contribution in [-0.4, -0.2) is 38.3 Å². The Morgan fingerprint density at radius 1 is 1.40 bits per heavy atom. The van der Waals surface area contributed by atoms with Gasteiger partial charge in [0.25, 0.3) is 0 Å². The van der Waals surface area contributed by atoms with Gasteiger partial charge in [-0.25, -0.2) is 0 Å². The summed E-state index contributed by atoms with van der Waals surface area (Å²) in [6.07, 6.45) is 3.99. The van der Waals surface area contributed by atoms with Gasteiger partial charge in [-0.1, -0.05) is 6.61 Å². The van der Waals surface area contributed by atoms with Gasteiger partial charge in [0.05, 0.1) is 0 Å². The fraction of sp³-hybridized carbons (Fsp3) is 0.833. The van der Waals surface area contributed by atoms with Gasteiger partial charge >= 0.3 is 0 Å². The average Bonchev–Trinajstić information content (AvgIpc) is 2.02. The van der Waals surface area contributed by atoms with Gasteiger partial charge in [-0.15, -0.1) is 0 Å². The molecule has 1 unspecified atom stereocenters. The predicted octanol–water partition coefficient (Wildman–Crippen LogP) is 2.16. The van der Waals surface area contributed by atoms with E-state index < -0.39 is 0 Å². The Balaban J connectivity index is 0.000000980.